The van der Waals surface area contributed by atoms with Gasteiger partial charge in [0.05, 0.1) is 12.0 Å². The Kier molecular flexibility index (Phi) is 6.59. The van der Waals surface area contributed by atoms with E-state index in [4.69, 9.17) is 9.26 Å². The Labute approximate surface area is 158 Å². The number of carbonyl (C=O) groups is 2. The van der Waals surface area contributed by atoms with E-state index in [1.54, 1.807) is 11.0 Å². The Bertz CT molecular complexity index is 727. The lowest BCUT2D eigenvalue weighted by Gasteiger charge is -2.28. The number of hydrogen-bond acceptors (Lipinski definition) is 5. The minimum atomic E-state index is -0.307. The Morgan fingerprint density at radius 3 is 2.74 bits per heavy atom. The van der Waals surface area contributed by atoms with Crippen molar-refractivity contribution >= 4 is 17.6 Å². The standard InChI is InChI=1S/C20H25N3O4/c1-2-17(15-7-4-3-5-8-15)20(25)23(13-16-9-6-11-26-16)14-19(24)21-18-10-12-27-22-18/h3-5,7-8,10,12,16-17H,2,6,9,11,13-14H2,1H3,(H,21,22,24)/t16-,17+/m1/s1. The molecule has 0 aliphatic carbocycles. The van der Waals surface area contributed by atoms with Gasteiger partial charge in [0.15, 0.2) is 5.82 Å². The van der Waals surface area contributed by atoms with Crippen molar-refractivity contribution in [2.24, 2.45) is 0 Å². The van der Waals surface area contributed by atoms with Gasteiger partial charge >= 0.3 is 0 Å². The van der Waals surface area contributed by atoms with Crippen LogP contribution in [0.3, 0.4) is 0 Å². The minimum Gasteiger partial charge on any atom is -0.376 e. The van der Waals surface area contributed by atoms with Crippen molar-refractivity contribution in [3.8, 4) is 0 Å². The second kappa shape index (κ2) is 9.32. The number of rotatable bonds is 8. The first-order chi connectivity index (χ1) is 13.2. The van der Waals surface area contributed by atoms with Gasteiger partial charge in [-0.05, 0) is 24.8 Å². The van der Waals surface area contributed by atoms with Crippen LogP contribution in [0.2, 0.25) is 0 Å². The van der Waals surface area contributed by atoms with Crippen LogP contribution >= 0.6 is 0 Å². The molecule has 3 rings (SSSR count). The molecule has 0 unspecified atom stereocenters. The highest BCUT2D eigenvalue weighted by Crippen LogP contribution is 2.23. The lowest BCUT2D eigenvalue weighted by molar-refractivity contribution is -0.137. The monoisotopic (exact) mass is 371 g/mol. The van der Waals surface area contributed by atoms with Gasteiger partial charge in [0.1, 0.15) is 12.8 Å². The van der Waals surface area contributed by atoms with Crippen LogP contribution in [0.5, 0.6) is 0 Å². The molecular weight excluding hydrogens is 346 g/mol. The summed E-state index contributed by atoms with van der Waals surface area (Å²) >= 11 is 0. The molecule has 2 heterocycles. The van der Waals surface area contributed by atoms with Crippen molar-refractivity contribution < 1.29 is 18.8 Å². The molecule has 1 saturated heterocycles. The van der Waals surface area contributed by atoms with Gasteiger partial charge in [-0.2, -0.15) is 0 Å². The van der Waals surface area contributed by atoms with Crippen LogP contribution in [-0.4, -0.2) is 47.7 Å². The van der Waals surface area contributed by atoms with Crippen LogP contribution in [0, 0.1) is 0 Å². The number of anilines is 1. The van der Waals surface area contributed by atoms with Gasteiger partial charge in [0.25, 0.3) is 0 Å². The zero-order valence-corrected chi connectivity index (χ0v) is 15.5. The zero-order valence-electron chi connectivity index (χ0n) is 15.5. The van der Waals surface area contributed by atoms with E-state index in [0.29, 0.717) is 25.4 Å². The van der Waals surface area contributed by atoms with E-state index in [1.165, 1.54) is 6.26 Å². The fourth-order valence-electron chi connectivity index (χ4n) is 3.36. The van der Waals surface area contributed by atoms with Crippen LogP contribution in [0.15, 0.2) is 47.2 Å². The van der Waals surface area contributed by atoms with Gasteiger partial charge in [-0.3, -0.25) is 9.59 Å². The summed E-state index contributed by atoms with van der Waals surface area (Å²) in [6.45, 7) is 3.05. The molecule has 7 heteroatoms. The van der Waals surface area contributed by atoms with Gasteiger partial charge in [0, 0.05) is 19.2 Å². The summed E-state index contributed by atoms with van der Waals surface area (Å²) in [4.78, 5) is 27.3. The summed E-state index contributed by atoms with van der Waals surface area (Å²) in [7, 11) is 0. The lowest BCUT2D eigenvalue weighted by atomic mass is 9.94. The smallest absolute Gasteiger partial charge is 0.245 e. The highest BCUT2D eigenvalue weighted by atomic mass is 16.5. The van der Waals surface area contributed by atoms with Gasteiger partial charge in [-0.25, -0.2) is 0 Å². The van der Waals surface area contributed by atoms with Crippen molar-refractivity contribution in [1.82, 2.24) is 10.1 Å². The highest BCUT2D eigenvalue weighted by Gasteiger charge is 2.29. The lowest BCUT2D eigenvalue weighted by Crippen LogP contribution is -2.44. The molecule has 1 aliphatic heterocycles. The first kappa shape index (κ1) is 19.1. The van der Waals surface area contributed by atoms with E-state index in [-0.39, 0.29) is 30.4 Å². The third kappa shape index (κ3) is 5.17. The fraction of sp³-hybridized carbons (Fsp3) is 0.450. The molecule has 1 N–H and O–H groups in total. The van der Waals surface area contributed by atoms with Crippen molar-refractivity contribution in [1.29, 1.82) is 0 Å². The molecule has 2 aromatic rings. The van der Waals surface area contributed by atoms with E-state index in [1.807, 2.05) is 37.3 Å². The molecule has 0 bridgehead atoms. The van der Waals surface area contributed by atoms with Crippen LogP contribution < -0.4 is 5.32 Å². The number of carbonyl (C=O) groups excluding carboxylic acids is 2. The summed E-state index contributed by atoms with van der Waals surface area (Å²) in [5, 5.41) is 6.33. The zero-order chi connectivity index (χ0) is 19.1. The maximum Gasteiger partial charge on any atom is 0.245 e. The number of amides is 2. The molecular formula is C20H25N3O4. The first-order valence-electron chi connectivity index (χ1n) is 9.33. The average molecular weight is 371 g/mol. The number of benzene rings is 1. The SMILES string of the molecule is CC[C@H](C(=O)N(CC(=O)Nc1ccon1)C[C@H]1CCCO1)c1ccccc1. The third-order valence-electron chi connectivity index (χ3n) is 4.71. The second-order valence-corrected chi connectivity index (χ2v) is 6.66. The maximum absolute atomic E-state index is 13.3. The van der Waals surface area contributed by atoms with Crippen LogP contribution in [0.1, 0.15) is 37.7 Å². The van der Waals surface area contributed by atoms with E-state index in [2.05, 4.69) is 10.5 Å². The highest BCUT2D eigenvalue weighted by molar-refractivity contribution is 5.94. The summed E-state index contributed by atoms with van der Waals surface area (Å²) in [5.74, 6) is -0.320. The third-order valence-corrected chi connectivity index (χ3v) is 4.71. The Morgan fingerprint density at radius 2 is 2.11 bits per heavy atom. The normalized spacial score (nSPS) is 17.4. The van der Waals surface area contributed by atoms with E-state index in [9.17, 15) is 9.59 Å². The van der Waals surface area contributed by atoms with E-state index >= 15 is 0 Å². The van der Waals surface area contributed by atoms with Crippen LogP contribution in [0.25, 0.3) is 0 Å². The Hall–Kier alpha value is -2.67. The summed E-state index contributed by atoms with van der Waals surface area (Å²) in [6, 6.07) is 11.2. The Morgan fingerprint density at radius 1 is 1.30 bits per heavy atom. The van der Waals surface area contributed by atoms with Gasteiger partial charge in [0.2, 0.25) is 11.8 Å². The van der Waals surface area contributed by atoms with Crippen LogP contribution in [0.4, 0.5) is 5.82 Å². The molecule has 27 heavy (non-hydrogen) atoms. The molecule has 0 radical (unpaired) electrons. The molecule has 0 saturated carbocycles. The molecule has 2 atom stereocenters. The molecule has 7 nitrogen and oxygen atoms in total. The second-order valence-electron chi connectivity index (χ2n) is 6.66. The van der Waals surface area contributed by atoms with Crippen molar-refractivity contribution in [2.45, 2.75) is 38.2 Å². The topological polar surface area (TPSA) is 84.7 Å². The number of hydrogen-bond donors (Lipinski definition) is 1. The summed E-state index contributed by atoms with van der Waals surface area (Å²) < 4.78 is 10.4. The predicted octanol–water partition coefficient (Wildman–Crippen LogP) is 2.81. The quantitative estimate of drug-likeness (QED) is 0.771. The van der Waals surface area contributed by atoms with Crippen molar-refractivity contribution in [3.63, 3.8) is 0 Å². The van der Waals surface area contributed by atoms with Gasteiger partial charge in [-0.15, -0.1) is 0 Å². The molecule has 144 valence electrons. The van der Waals surface area contributed by atoms with Crippen molar-refractivity contribution in [2.75, 3.05) is 25.0 Å². The van der Waals surface area contributed by atoms with Gasteiger partial charge in [-0.1, -0.05) is 42.4 Å². The average Bonchev–Trinajstić information content (AvgIpc) is 3.37. The number of aromatic nitrogens is 1. The molecule has 2 amide bonds. The molecule has 1 fully saturated rings. The molecule has 1 aromatic carbocycles. The number of ether oxygens (including phenoxy) is 1. The molecule has 0 spiro atoms. The van der Waals surface area contributed by atoms with Gasteiger partial charge < -0.3 is 19.5 Å². The number of nitrogens with zero attached hydrogens (tertiary/aromatic N) is 2. The maximum atomic E-state index is 13.3. The molecule has 1 aliphatic rings. The summed E-state index contributed by atoms with van der Waals surface area (Å²) in [6.07, 6.45) is 3.90. The number of nitrogens with one attached hydrogen (secondary N) is 1. The fourth-order valence-corrected chi connectivity index (χ4v) is 3.36. The first-order valence-corrected chi connectivity index (χ1v) is 9.33. The van der Waals surface area contributed by atoms with E-state index < -0.39 is 0 Å². The predicted molar refractivity (Wildman–Crippen MR) is 100 cm³/mol. The van der Waals surface area contributed by atoms with E-state index in [0.717, 1.165) is 18.4 Å². The minimum absolute atomic E-state index is 0.0259. The van der Waals surface area contributed by atoms with Crippen molar-refractivity contribution in [3.05, 3.63) is 48.2 Å². The molecule has 1 aromatic heterocycles. The Balaban J connectivity index is 1.73. The van der Waals surface area contributed by atoms with Crippen LogP contribution in [-0.2, 0) is 14.3 Å². The summed E-state index contributed by atoms with van der Waals surface area (Å²) in [5.41, 5.74) is 0.958. The largest absolute Gasteiger partial charge is 0.376 e.